The van der Waals surface area contributed by atoms with Crippen molar-refractivity contribution < 1.29 is 19.4 Å². The van der Waals surface area contributed by atoms with E-state index in [1.807, 2.05) is 13.8 Å². The first-order valence-corrected chi connectivity index (χ1v) is 6.15. The first-order valence-electron chi connectivity index (χ1n) is 6.15. The zero-order valence-corrected chi connectivity index (χ0v) is 11.5. The van der Waals surface area contributed by atoms with Gasteiger partial charge in [0.2, 0.25) is 5.91 Å². The summed E-state index contributed by atoms with van der Waals surface area (Å²) in [7, 11) is 0. The highest BCUT2D eigenvalue weighted by molar-refractivity contribution is 5.80. The first kappa shape index (κ1) is 16.9. The van der Waals surface area contributed by atoms with Crippen LogP contribution in [0.4, 0.5) is 0 Å². The maximum atomic E-state index is 11.6. The Morgan fingerprint density at radius 2 is 1.83 bits per heavy atom. The fourth-order valence-electron chi connectivity index (χ4n) is 1.51. The van der Waals surface area contributed by atoms with Crippen LogP contribution in [0, 0.1) is 5.92 Å². The smallest absolute Gasteiger partial charge is 0.337 e. The normalized spacial score (nSPS) is 14.4. The molecule has 4 N–H and O–H groups in total. The molecular weight excluding hydrogens is 236 g/mol. The van der Waals surface area contributed by atoms with Gasteiger partial charge < -0.3 is 20.9 Å². The first-order chi connectivity index (χ1) is 8.27. The lowest BCUT2D eigenvalue weighted by atomic mass is 9.99. The van der Waals surface area contributed by atoms with Gasteiger partial charge in [-0.05, 0) is 26.2 Å². The lowest BCUT2D eigenvalue weighted by molar-refractivity contribution is -0.159. The molecule has 0 rings (SSSR count). The maximum absolute atomic E-state index is 11.6. The number of aliphatic hydroxyl groups excluding tert-OH is 1. The summed E-state index contributed by atoms with van der Waals surface area (Å²) in [5.74, 6) is -0.917. The number of aliphatic hydroxyl groups is 1. The van der Waals surface area contributed by atoms with Gasteiger partial charge in [-0.2, -0.15) is 0 Å². The lowest BCUT2D eigenvalue weighted by Crippen LogP contribution is -2.50. The topological polar surface area (TPSA) is 102 Å². The van der Waals surface area contributed by atoms with Gasteiger partial charge in [0.05, 0.1) is 18.7 Å². The second-order valence-electron chi connectivity index (χ2n) is 4.94. The molecule has 0 aliphatic rings. The molecule has 106 valence electrons. The van der Waals surface area contributed by atoms with Gasteiger partial charge in [-0.15, -0.1) is 0 Å². The van der Waals surface area contributed by atoms with Crippen LogP contribution < -0.4 is 11.1 Å². The zero-order valence-electron chi connectivity index (χ0n) is 11.5. The van der Waals surface area contributed by atoms with Crippen molar-refractivity contribution in [3.8, 4) is 0 Å². The van der Waals surface area contributed by atoms with E-state index in [-0.39, 0.29) is 18.6 Å². The van der Waals surface area contributed by atoms with Crippen LogP contribution in [-0.4, -0.2) is 41.8 Å². The monoisotopic (exact) mass is 260 g/mol. The molecule has 0 aromatic carbocycles. The Hall–Kier alpha value is -1.14. The molecule has 18 heavy (non-hydrogen) atoms. The van der Waals surface area contributed by atoms with E-state index in [1.54, 1.807) is 13.8 Å². The fourth-order valence-corrected chi connectivity index (χ4v) is 1.51. The number of carbonyl (C=O) groups excluding carboxylic acids is 2. The van der Waals surface area contributed by atoms with Crippen LogP contribution in [0.25, 0.3) is 0 Å². The molecule has 0 aliphatic carbocycles. The van der Waals surface area contributed by atoms with Crippen molar-refractivity contribution in [3.05, 3.63) is 0 Å². The Morgan fingerprint density at radius 1 is 1.28 bits per heavy atom. The van der Waals surface area contributed by atoms with Gasteiger partial charge >= 0.3 is 5.97 Å². The molecule has 2 atom stereocenters. The Morgan fingerprint density at radius 3 is 2.22 bits per heavy atom. The molecule has 1 unspecified atom stereocenters. The van der Waals surface area contributed by atoms with Crippen molar-refractivity contribution in [2.75, 3.05) is 6.54 Å². The van der Waals surface area contributed by atoms with E-state index >= 15 is 0 Å². The van der Waals surface area contributed by atoms with Gasteiger partial charge in [0.15, 0.2) is 6.10 Å². The Balaban J connectivity index is 4.62. The fraction of sp³-hybridized carbons (Fsp3) is 0.833. The highest BCUT2D eigenvalue weighted by Gasteiger charge is 2.29. The van der Waals surface area contributed by atoms with Gasteiger partial charge in [0.25, 0.3) is 0 Å². The Kier molecular flexibility index (Phi) is 7.54. The van der Waals surface area contributed by atoms with Crippen molar-refractivity contribution in [1.82, 2.24) is 5.32 Å². The molecule has 0 aromatic heterocycles. The molecule has 0 radical (unpaired) electrons. The molecule has 1 amide bonds. The molecule has 6 nitrogen and oxygen atoms in total. The number of nitrogens with one attached hydrogen (secondary N) is 1. The number of amides is 1. The quantitative estimate of drug-likeness (QED) is 0.550. The van der Waals surface area contributed by atoms with E-state index in [1.165, 1.54) is 0 Å². The largest absolute Gasteiger partial charge is 0.461 e. The molecule has 0 saturated heterocycles. The Labute approximate surface area is 108 Å². The summed E-state index contributed by atoms with van der Waals surface area (Å²) in [6.07, 6.45) is -1.21. The summed E-state index contributed by atoms with van der Waals surface area (Å²) in [5.41, 5.74) is 5.20. The molecular formula is C12H24N2O4. The molecule has 0 heterocycles. The molecule has 6 heteroatoms. The minimum Gasteiger partial charge on any atom is -0.461 e. The standard InChI is InChI=1S/C12H24N2O4/c1-7(2)5-9(14-10(15)6-13)11(16)12(17)18-8(3)4/h7-9,11,16H,5-6,13H2,1-4H3,(H,14,15)/t9-,11?/m0/s1. The van der Waals surface area contributed by atoms with Crippen LogP contribution in [0.2, 0.25) is 0 Å². The van der Waals surface area contributed by atoms with Crippen LogP contribution in [0.1, 0.15) is 34.1 Å². The molecule has 0 aromatic rings. The SMILES string of the molecule is CC(C)C[C@H](NC(=O)CN)C(O)C(=O)OC(C)C. The Bertz CT molecular complexity index is 279. The van der Waals surface area contributed by atoms with Crippen molar-refractivity contribution in [3.63, 3.8) is 0 Å². The summed E-state index contributed by atoms with van der Waals surface area (Å²) in [4.78, 5) is 22.8. The third-order valence-electron chi connectivity index (χ3n) is 2.23. The molecule has 0 fully saturated rings. The number of rotatable bonds is 7. The van der Waals surface area contributed by atoms with E-state index in [0.717, 1.165) is 0 Å². The third kappa shape index (κ3) is 6.56. The summed E-state index contributed by atoms with van der Waals surface area (Å²) >= 11 is 0. The van der Waals surface area contributed by atoms with Gasteiger partial charge in [0, 0.05) is 0 Å². The van der Waals surface area contributed by atoms with Crippen molar-refractivity contribution in [2.24, 2.45) is 11.7 Å². The number of esters is 1. The highest BCUT2D eigenvalue weighted by atomic mass is 16.6. The summed E-state index contributed by atoms with van der Waals surface area (Å²) < 4.78 is 4.92. The maximum Gasteiger partial charge on any atom is 0.337 e. The zero-order chi connectivity index (χ0) is 14.3. The summed E-state index contributed by atoms with van der Waals surface area (Å²) in [6, 6.07) is -0.674. The number of carbonyl (C=O) groups is 2. The van der Waals surface area contributed by atoms with E-state index in [0.29, 0.717) is 6.42 Å². The second-order valence-corrected chi connectivity index (χ2v) is 4.94. The average Bonchev–Trinajstić information content (AvgIpc) is 2.25. The number of nitrogens with two attached hydrogens (primary N) is 1. The van der Waals surface area contributed by atoms with E-state index < -0.39 is 24.0 Å². The summed E-state index contributed by atoms with van der Waals surface area (Å²) in [5, 5.41) is 12.4. The lowest BCUT2D eigenvalue weighted by Gasteiger charge is -2.25. The average molecular weight is 260 g/mol. The molecule has 0 aliphatic heterocycles. The predicted octanol–water partition coefficient (Wildman–Crippen LogP) is -0.211. The second kappa shape index (κ2) is 8.05. The van der Waals surface area contributed by atoms with Crippen molar-refractivity contribution >= 4 is 11.9 Å². The number of hydrogen-bond acceptors (Lipinski definition) is 5. The van der Waals surface area contributed by atoms with E-state index in [4.69, 9.17) is 10.5 Å². The van der Waals surface area contributed by atoms with Crippen LogP contribution in [-0.2, 0) is 14.3 Å². The number of ether oxygens (including phenoxy) is 1. The van der Waals surface area contributed by atoms with Crippen LogP contribution in [0.5, 0.6) is 0 Å². The van der Waals surface area contributed by atoms with E-state index in [2.05, 4.69) is 5.32 Å². The minimum absolute atomic E-state index is 0.180. The van der Waals surface area contributed by atoms with Gasteiger partial charge in [-0.25, -0.2) is 4.79 Å². The highest BCUT2D eigenvalue weighted by Crippen LogP contribution is 2.10. The van der Waals surface area contributed by atoms with Crippen LogP contribution >= 0.6 is 0 Å². The molecule has 0 spiro atoms. The van der Waals surface area contributed by atoms with E-state index in [9.17, 15) is 14.7 Å². The molecule has 0 saturated carbocycles. The predicted molar refractivity (Wildman–Crippen MR) is 67.7 cm³/mol. The van der Waals surface area contributed by atoms with Gasteiger partial charge in [-0.3, -0.25) is 4.79 Å². The van der Waals surface area contributed by atoms with Crippen molar-refractivity contribution in [1.29, 1.82) is 0 Å². The van der Waals surface area contributed by atoms with Crippen LogP contribution in [0.3, 0.4) is 0 Å². The van der Waals surface area contributed by atoms with Crippen LogP contribution in [0.15, 0.2) is 0 Å². The number of hydrogen-bond donors (Lipinski definition) is 3. The molecule has 0 bridgehead atoms. The minimum atomic E-state index is -1.37. The van der Waals surface area contributed by atoms with Crippen molar-refractivity contribution in [2.45, 2.75) is 52.4 Å². The summed E-state index contributed by atoms with van der Waals surface area (Å²) in [6.45, 7) is 7.08. The third-order valence-corrected chi connectivity index (χ3v) is 2.23. The van der Waals surface area contributed by atoms with Gasteiger partial charge in [-0.1, -0.05) is 13.8 Å². The van der Waals surface area contributed by atoms with Gasteiger partial charge in [0.1, 0.15) is 0 Å².